The fourth-order valence-corrected chi connectivity index (χ4v) is 4.47. The lowest BCUT2D eigenvalue weighted by Crippen LogP contribution is -2.31. The largest absolute Gasteiger partial charge is 0.364 e. The van der Waals surface area contributed by atoms with Crippen molar-refractivity contribution in [3.8, 4) is 0 Å². The molecule has 30 heavy (non-hydrogen) atoms. The van der Waals surface area contributed by atoms with Gasteiger partial charge in [0.05, 0.1) is 11.5 Å². The van der Waals surface area contributed by atoms with Crippen molar-refractivity contribution in [3.05, 3.63) is 68.8 Å². The Morgan fingerprint density at radius 1 is 1.33 bits per heavy atom. The number of aliphatic imine (C=N–C) groups is 1. The molecule has 1 heterocycles. The van der Waals surface area contributed by atoms with Gasteiger partial charge >= 0.3 is 0 Å². The van der Waals surface area contributed by atoms with Gasteiger partial charge in [0.15, 0.2) is 6.17 Å². The molecule has 0 bridgehead atoms. The van der Waals surface area contributed by atoms with Gasteiger partial charge in [-0.1, -0.05) is 56.0 Å². The summed E-state index contributed by atoms with van der Waals surface area (Å²) < 4.78 is 0. The number of allylic oxidation sites excluding steroid dienone is 9. The minimum atomic E-state index is -0.185. The van der Waals surface area contributed by atoms with Crippen molar-refractivity contribution in [1.29, 1.82) is 5.41 Å². The highest BCUT2D eigenvalue weighted by Gasteiger charge is 2.27. The van der Waals surface area contributed by atoms with E-state index in [9.17, 15) is 0 Å². The van der Waals surface area contributed by atoms with Gasteiger partial charge in [-0.15, -0.1) is 0 Å². The van der Waals surface area contributed by atoms with Crippen LogP contribution in [0, 0.1) is 11.3 Å². The fraction of sp³-hybridized carbons (Fsp3) is 0.440. The Labute approximate surface area is 186 Å². The Bertz CT molecular complexity index is 896. The molecule has 2 unspecified atom stereocenters. The molecular formula is C25H36N4S. The van der Waals surface area contributed by atoms with Gasteiger partial charge in [0, 0.05) is 22.4 Å². The summed E-state index contributed by atoms with van der Waals surface area (Å²) in [5.41, 5.74) is 6.81. The molecule has 0 saturated carbocycles. The van der Waals surface area contributed by atoms with Gasteiger partial charge in [-0.2, -0.15) is 0 Å². The molecule has 1 aliphatic heterocycles. The maximum Gasteiger partial charge on any atom is 0.151 e. The van der Waals surface area contributed by atoms with Crippen LogP contribution in [0.15, 0.2) is 73.8 Å². The van der Waals surface area contributed by atoms with Crippen molar-refractivity contribution >= 4 is 23.3 Å². The van der Waals surface area contributed by atoms with Crippen molar-refractivity contribution in [2.45, 2.75) is 67.5 Å². The highest BCUT2D eigenvalue weighted by Crippen LogP contribution is 2.38. The van der Waals surface area contributed by atoms with Gasteiger partial charge in [0.1, 0.15) is 0 Å². The number of hydrogen-bond donors (Lipinski definition) is 3. The van der Waals surface area contributed by atoms with Crippen LogP contribution < -0.4 is 10.6 Å². The molecule has 0 amide bonds. The van der Waals surface area contributed by atoms with Gasteiger partial charge in [-0.3, -0.25) is 10.4 Å². The molecule has 4 nitrogen and oxygen atoms in total. The third-order valence-electron chi connectivity index (χ3n) is 5.45. The van der Waals surface area contributed by atoms with Crippen LogP contribution in [0.2, 0.25) is 0 Å². The minimum Gasteiger partial charge on any atom is -0.364 e. The lowest BCUT2D eigenvalue weighted by Gasteiger charge is -2.29. The van der Waals surface area contributed by atoms with Crippen LogP contribution in [0.3, 0.4) is 0 Å². The van der Waals surface area contributed by atoms with E-state index in [1.807, 2.05) is 6.20 Å². The van der Waals surface area contributed by atoms with Crippen LogP contribution in [0.5, 0.6) is 0 Å². The van der Waals surface area contributed by atoms with Crippen molar-refractivity contribution in [2.75, 3.05) is 0 Å². The van der Waals surface area contributed by atoms with E-state index >= 15 is 0 Å². The first kappa shape index (κ1) is 24.0. The summed E-state index contributed by atoms with van der Waals surface area (Å²) in [6, 6.07) is 0. The molecule has 162 valence electrons. The summed E-state index contributed by atoms with van der Waals surface area (Å²) in [6.07, 6.45) is 10.2. The highest BCUT2D eigenvalue weighted by atomic mass is 32.2. The molecule has 3 N–H and O–H groups in total. The standard InChI is InChI=1S/C25H36N4S/c1-9-17(5)28-25-23(10-2)30-19(7)18(6)22(14-27-20(8)26)24(29-25)21-12-11-15(3)13-16(21)4/h10-12,14,16,25,28H,5,9,13H2,1-4,6-8H3,(H2,26,27)/b19-18-,22-14-,23-10-,29-24-. The fourth-order valence-electron chi connectivity index (χ4n) is 3.51. The van der Waals surface area contributed by atoms with Crippen molar-refractivity contribution in [2.24, 2.45) is 10.9 Å². The average molecular weight is 425 g/mol. The second-order valence-corrected chi connectivity index (χ2v) is 9.31. The Morgan fingerprint density at radius 3 is 2.60 bits per heavy atom. The predicted molar refractivity (Wildman–Crippen MR) is 134 cm³/mol. The monoisotopic (exact) mass is 424 g/mol. The zero-order chi connectivity index (χ0) is 22.4. The van der Waals surface area contributed by atoms with Crippen LogP contribution in [-0.4, -0.2) is 17.7 Å². The maximum atomic E-state index is 7.85. The topological polar surface area (TPSA) is 60.3 Å². The molecule has 0 saturated heterocycles. The summed E-state index contributed by atoms with van der Waals surface area (Å²) in [5, 5.41) is 14.5. The molecular weight excluding hydrogens is 388 g/mol. The molecule has 5 heteroatoms. The van der Waals surface area contributed by atoms with E-state index in [0.29, 0.717) is 11.8 Å². The third kappa shape index (κ3) is 5.88. The number of nitrogens with one attached hydrogen (secondary N) is 3. The number of hydrogen-bond acceptors (Lipinski definition) is 4. The summed E-state index contributed by atoms with van der Waals surface area (Å²) in [4.78, 5) is 7.67. The summed E-state index contributed by atoms with van der Waals surface area (Å²) >= 11 is 1.75. The lowest BCUT2D eigenvalue weighted by molar-refractivity contribution is 0.661. The lowest BCUT2D eigenvalue weighted by atomic mass is 9.83. The smallest absolute Gasteiger partial charge is 0.151 e. The van der Waals surface area contributed by atoms with Crippen molar-refractivity contribution in [3.63, 3.8) is 0 Å². The highest BCUT2D eigenvalue weighted by molar-refractivity contribution is 8.06. The van der Waals surface area contributed by atoms with Gasteiger partial charge in [-0.05, 0) is 69.4 Å². The van der Waals surface area contributed by atoms with Gasteiger partial charge in [0.25, 0.3) is 0 Å². The van der Waals surface area contributed by atoms with E-state index in [1.165, 1.54) is 26.5 Å². The first-order chi connectivity index (χ1) is 14.2. The number of amidine groups is 1. The number of nitrogens with zero attached hydrogens (tertiary/aromatic N) is 1. The molecule has 0 aromatic rings. The van der Waals surface area contributed by atoms with E-state index in [0.717, 1.165) is 29.8 Å². The molecule has 2 rings (SSSR count). The summed E-state index contributed by atoms with van der Waals surface area (Å²) in [6.45, 7) is 18.8. The van der Waals surface area contributed by atoms with Crippen molar-refractivity contribution < 1.29 is 0 Å². The van der Waals surface area contributed by atoms with Crippen LogP contribution in [-0.2, 0) is 0 Å². The molecule has 0 radical (unpaired) electrons. The molecule has 0 fully saturated rings. The molecule has 2 atom stereocenters. The normalized spacial score (nSPS) is 29.4. The Hall–Kier alpha value is -2.27. The van der Waals surface area contributed by atoms with E-state index in [2.05, 4.69) is 77.0 Å². The van der Waals surface area contributed by atoms with Gasteiger partial charge in [0.2, 0.25) is 0 Å². The average Bonchev–Trinajstić information content (AvgIpc) is 2.69. The molecule has 0 aromatic heterocycles. The third-order valence-corrected chi connectivity index (χ3v) is 6.76. The van der Waals surface area contributed by atoms with Crippen LogP contribution >= 0.6 is 11.8 Å². The second-order valence-electron chi connectivity index (χ2n) is 8.02. The molecule has 0 spiro atoms. The number of rotatable bonds is 5. The van der Waals surface area contributed by atoms with Crippen LogP contribution in [0.1, 0.15) is 61.3 Å². The first-order valence-corrected chi connectivity index (χ1v) is 11.4. The predicted octanol–water partition coefficient (Wildman–Crippen LogP) is 6.59. The summed E-state index contributed by atoms with van der Waals surface area (Å²) in [5.74, 6) is 0.786. The first-order valence-electron chi connectivity index (χ1n) is 10.6. The van der Waals surface area contributed by atoms with E-state index in [1.54, 1.807) is 18.7 Å². The Balaban J connectivity index is 2.75. The zero-order valence-electron chi connectivity index (χ0n) is 19.4. The number of thioether (sulfide) groups is 1. The van der Waals surface area contributed by atoms with Crippen LogP contribution in [0.4, 0.5) is 0 Å². The van der Waals surface area contributed by atoms with Gasteiger partial charge in [-0.25, -0.2) is 0 Å². The molecule has 1 aliphatic carbocycles. The quantitative estimate of drug-likeness (QED) is 0.344. The molecule has 2 aliphatic rings. The maximum absolute atomic E-state index is 7.85. The van der Waals surface area contributed by atoms with E-state index in [4.69, 9.17) is 10.4 Å². The van der Waals surface area contributed by atoms with E-state index < -0.39 is 0 Å². The minimum absolute atomic E-state index is 0.185. The zero-order valence-corrected chi connectivity index (χ0v) is 20.3. The van der Waals surface area contributed by atoms with Crippen LogP contribution in [0.25, 0.3) is 0 Å². The van der Waals surface area contributed by atoms with Gasteiger partial charge < -0.3 is 10.6 Å². The SMILES string of the molecule is C=C(CC)NC1\N=C(C2=CC=C(C)CC2C)/C(=C\NC(C)=N)C(/C)=C(/C)S/C1=C\C. The molecule has 0 aromatic carbocycles. The van der Waals surface area contributed by atoms with Crippen molar-refractivity contribution in [1.82, 2.24) is 10.6 Å². The Kier molecular flexibility index (Phi) is 8.54. The van der Waals surface area contributed by atoms with E-state index in [-0.39, 0.29) is 6.17 Å². The second kappa shape index (κ2) is 10.7. The Morgan fingerprint density at radius 2 is 2.03 bits per heavy atom. The summed E-state index contributed by atoms with van der Waals surface area (Å²) in [7, 11) is 0.